The minimum absolute atomic E-state index is 0.0994. The van der Waals surface area contributed by atoms with Crippen LogP contribution < -0.4 is 5.73 Å². The summed E-state index contributed by atoms with van der Waals surface area (Å²) in [5.41, 5.74) is 4.66. The summed E-state index contributed by atoms with van der Waals surface area (Å²) in [5, 5.41) is 10.1. The van der Waals surface area contributed by atoms with Gasteiger partial charge in [0.05, 0.1) is 16.0 Å². The Bertz CT molecular complexity index is 389. The van der Waals surface area contributed by atoms with Gasteiger partial charge in [0.15, 0.2) is 0 Å². The molecule has 0 bridgehead atoms. The van der Waals surface area contributed by atoms with Crippen molar-refractivity contribution in [1.29, 1.82) is 0 Å². The molecule has 0 aromatic carbocycles. The van der Waals surface area contributed by atoms with Crippen molar-refractivity contribution in [2.45, 2.75) is 63.9 Å². The van der Waals surface area contributed by atoms with Gasteiger partial charge in [-0.2, -0.15) is 0 Å². The van der Waals surface area contributed by atoms with Gasteiger partial charge in [0.25, 0.3) is 0 Å². The molecular formula is C15H26N2O2S. The van der Waals surface area contributed by atoms with Gasteiger partial charge in [-0.1, -0.05) is 31.5 Å². The predicted molar refractivity (Wildman–Crippen MR) is 83.4 cm³/mol. The highest BCUT2D eigenvalue weighted by molar-refractivity contribution is 7.80. The summed E-state index contributed by atoms with van der Waals surface area (Å²) in [5.74, 6) is 0.0994. The lowest BCUT2D eigenvalue weighted by atomic mass is 9.73. The molecule has 1 saturated carbocycles. The number of rotatable bonds is 2. The Morgan fingerprint density at radius 1 is 1.10 bits per heavy atom. The lowest BCUT2D eigenvalue weighted by Crippen LogP contribution is -2.52. The van der Waals surface area contributed by atoms with E-state index < -0.39 is 11.0 Å². The van der Waals surface area contributed by atoms with E-state index in [4.69, 9.17) is 18.0 Å². The lowest BCUT2D eigenvalue weighted by Gasteiger charge is -2.39. The summed E-state index contributed by atoms with van der Waals surface area (Å²) in [6.45, 7) is 3.17. The number of thiocarbonyl (C=S) groups is 1. The van der Waals surface area contributed by atoms with Gasteiger partial charge in [0.1, 0.15) is 0 Å². The molecule has 1 atom stereocenters. The smallest absolute Gasteiger partial charge is 0.235 e. The second kappa shape index (κ2) is 5.98. The van der Waals surface area contributed by atoms with Gasteiger partial charge in [0, 0.05) is 13.1 Å². The first kappa shape index (κ1) is 15.7. The van der Waals surface area contributed by atoms with Crippen LogP contribution in [0, 0.1) is 5.41 Å². The minimum Gasteiger partial charge on any atom is -0.392 e. The number of carbonyl (C=O) groups excluding carboxylic acids is 1. The number of hydrogen-bond donors (Lipinski definition) is 2. The number of carbonyl (C=O) groups is 1. The Morgan fingerprint density at radius 3 is 2.35 bits per heavy atom. The molecule has 5 heteroatoms. The van der Waals surface area contributed by atoms with E-state index in [0.717, 1.165) is 44.9 Å². The van der Waals surface area contributed by atoms with Crippen molar-refractivity contribution in [3.8, 4) is 0 Å². The molecule has 2 aliphatic rings. The summed E-state index contributed by atoms with van der Waals surface area (Å²) in [6.07, 6.45) is 6.99. The zero-order chi connectivity index (χ0) is 14.8. The van der Waals surface area contributed by atoms with E-state index in [-0.39, 0.29) is 5.91 Å². The summed E-state index contributed by atoms with van der Waals surface area (Å²) >= 11 is 5.23. The molecule has 0 aromatic heterocycles. The second-order valence-electron chi connectivity index (χ2n) is 6.65. The fourth-order valence-electron chi connectivity index (χ4n) is 3.49. The molecule has 1 unspecified atom stereocenters. The standard InChI is InChI=1S/C15H26N2O2S/c1-14(19)6-5-10-17(11-9-14)13(18)15(12(16)20)7-3-2-4-8-15/h19H,2-11H2,1H3,(H2,16,20). The molecule has 0 aromatic rings. The van der Waals surface area contributed by atoms with Gasteiger partial charge < -0.3 is 15.7 Å². The number of nitrogens with two attached hydrogens (primary N) is 1. The molecule has 1 aliphatic heterocycles. The SMILES string of the molecule is CC1(O)CCCN(C(=O)C2(C(N)=S)CCCCC2)CC1. The first-order valence-corrected chi connectivity index (χ1v) is 8.10. The third-order valence-corrected chi connectivity index (χ3v) is 5.33. The highest BCUT2D eigenvalue weighted by Crippen LogP contribution is 2.39. The van der Waals surface area contributed by atoms with Gasteiger partial charge in [-0.25, -0.2) is 0 Å². The molecule has 20 heavy (non-hydrogen) atoms. The van der Waals surface area contributed by atoms with Gasteiger partial charge in [-0.3, -0.25) is 4.79 Å². The normalized spacial score (nSPS) is 30.6. The van der Waals surface area contributed by atoms with Gasteiger partial charge in [-0.05, 0) is 39.0 Å². The van der Waals surface area contributed by atoms with Crippen LogP contribution in [0.2, 0.25) is 0 Å². The van der Waals surface area contributed by atoms with Crippen molar-refractivity contribution >= 4 is 23.1 Å². The molecule has 1 saturated heterocycles. The van der Waals surface area contributed by atoms with Crippen LogP contribution >= 0.6 is 12.2 Å². The summed E-state index contributed by atoms with van der Waals surface area (Å²) in [7, 11) is 0. The van der Waals surface area contributed by atoms with E-state index in [2.05, 4.69) is 0 Å². The van der Waals surface area contributed by atoms with Crippen molar-refractivity contribution in [3.05, 3.63) is 0 Å². The maximum atomic E-state index is 13.0. The molecule has 2 rings (SSSR count). The fraction of sp³-hybridized carbons (Fsp3) is 0.867. The van der Waals surface area contributed by atoms with Crippen molar-refractivity contribution in [3.63, 3.8) is 0 Å². The molecule has 0 radical (unpaired) electrons. The zero-order valence-corrected chi connectivity index (χ0v) is 13.2. The van der Waals surface area contributed by atoms with E-state index in [1.165, 1.54) is 0 Å². The maximum Gasteiger partial charge on any atom is 0.235 e. The number of hydrogen-bond acceptors (Lipinski definition) is 3. The fourth-order valence-corrected chi connectivity index (χ4v) is 3.78. The molecule has 1 aliphatic carbocycles. The minimum atomic E-state index is -0.655. The van der Waals surface area contributed by atoms with E-state index in [0.29, 0.717) is 24.5 Å². The first-order valence-electron chi connectivity index (χ1n) is 7.69. The van der Waals surface area contributed by atoms with Gasteiger partial charge >= 0.3 is 0 Å². The third-order valence-electron chi connectivity index (χ3n) is 4.94. The zero-order valence-electron chi connectivity index (χ0n) is 12.4. The molecule has 4 nitrogen and oxygen atoms in total. The first-order chi connectivity index (χ1) is 9.37. The number of nitrogens with zero attached hydrogens (tertiary/aromatic N) is 1. The lowest BCUT2D eigenvalue weighted by molar-refractivity contribution is -0.139. The third kappa shape index (κ3) is 3.14. The maximum absolute atomic E-state index is 13.0. The Hall–Kier alpha value is -0.680. The monoisotopic (exact) mass is 298 g/mol. The van der Waals surface area contributed by atoms with Crippen LogP contribution in [-0.2, 0) is 4.79 Å². The van der Waals surface area contributed by atoms with E-state index >= 15 is 0 Å². The Morgan fingerprint density at radius 2 is 1.75 bits per heavy atom. The molecule has 1 amide bonds. The summed E-state index contributed by atoms with van der Waals surface area (Å²) < 4.78 is 0. The van der Waals surface area contributed by atoms with Crippen molar-refractivity contribution in [1.82, 2.24) is 4.90 Å². The van der Waals surface area contributed by atoms with E-state index in [1.807, 2.05) is 11.8 Å². The Kier molecular flexibility index (Phi) is 4.69. The van der Waals surface area contributed by atoms with Crippen LogP contribution in [0.4, 0.5) is 0 Å². The Balaban J connectivity index is 2.13. The highest BCUT2D eigenvalue weighted by atomic mass is 32.1. The topological polar surface area (TPSA) is 66.6 Å². The van der Waals surface area contributed by atoms with Crippen LogP contribution in [0.5, 0.6) is 0 Å². The molecule has 2 fully saturated rings. The molecule has 3 N–H and O–H groups in total. The van der Waals surface area contributed by atoms with Crippen molar-refractivity contribution < 1.29 is 9.90 Å². The van der Waals surface area contributed by atoms with Crippen LogP contribution in [0.3, 0.4) is 0 Å². The average Bonchev–Trinajstić information content (AvgIpc) is 2.59. The number of amides is 1. The van der Waals surface area contributed by atoms with Crippen LogP contribution in [-0.4, -0.2) is 39.6 Å². The highest BCUT2D eigenvalue weighted by Gasteiger charge is 2.45. The predicted octanol–water partition coefficient (Wildman–Crippen LogP) is 1.99. The molecule has 0 spiro atoms. The Labute approximate surface area is 126 Å². The molecule has 1 heterocycles. The second-order valence-corrected chi connectivity index (χ2v) is 7.09. The quantitative estimate of drug-likeness (QED) is 0.765. The molecule has 114 valence electrons. The molecular weight excluding hydrogens is 272 g/mol. The van der Waals surface area contributed by atoms with Crippen LogP contribution in [0.25, 0.3) is 0 Å². The number of likely N-dealkylation sites (tertiary alicyclic amines) is 1. The van der Waals surface area contributed by atoms with Gasteiger partial charge in [-0.15, -0.1) is 0 Å². The largest absolute Gasteiger partial charge is 0.392 e. The van der Waals surface area contributed by atoms with E-state index in [9.17, 15) is 9.90 Å². The van der Waals surface area contributed by atoms with Gasteiger partial charge in [0.2, 0.25) is 5.91 Å². The van der Waals surface area contributed by atoms with E-state index in [1.54, 1.807) is 0 Å². The summed E-state index contributed by atoms with van der Waals surface area (Å²) in [6, 6.07) is 0. The van der Waals surface area contributed by atoms with Crippen molar-refractivity contribution in [2.24, 2.45) is 11.1 Å². The summed E-state index contributed by atoms with van der Waals surface area (Å²) in [4.78, 5) is 15.2. The number of aliphatic hydroxyl groups is 1. The van der Waals surface area contributed by atoms with Crippen LogP contribution in [0.1, 0.15) is 58.3 Å². The van der Waals surface area contributed by atoms with Crippen LogP contribution in [0.15, 0.2) is 0 Å². The average molecular weight is 298 g/mol. The van der Waals surface area contributed by atoms with Crippen molar-refractivity contribution in [2.75, 3.05) is 13.1 Å².